The summed E-state index contributed by atoms with van der Waals surface area (Å²) in [5.41, 5.74) is 4.65. The summed E-state index contributed by atoms with van der Waals surface area (Å²) in [5.74, 6) is 0.868. The molecule has 0 aliphatic rings. The molecule has 0 fully saturated rings. The topological polar surface area (TPSA) is 29.9 Å². The Morgan fingerprint density at radius 3 is 2.60 bits per heavy atom. The summed E-state index contributed by atoms with van der Waals surface area (Å²) in [5, 5.41) is 0. The second-order valence-electron chi connectivity index (χ2n) is 4.88. The van der Waals surface area contributed by atoms with E-state index in [1.165, 1.54) is 11.1 Å². The monoisotopic (exact) mass is 284 g/mol. The second kappa shape index (κ2) is 5.13. The molecule has 0 amide bonds. The first kappa shape index (κ1) is 12.9. The van der Waals surface area contributed by atoms with Crippen LogP contribution in [0.25, 0.3) is 11.0 Å². The van der Waals surface area contributed by atoms with E-state index in [1.54, 1.807) is 7.11 Å². The van der Waals surface area contributed by atoms with Gasteiger partial charge in [-0.2, -0.15) is 0 Å². The molecule has 0 saturated carbocycles. The van der Waals surface area contributed by atoms with Crippen molar-refractivity contribution in [3.8, 4) is 5.75 Å². The minimum Gasteiger partial charge on any atom is -0.497 e. The number of nitrogens with zero attached hydrogens (tertiary/aromatic N) is 1. The third-order valence-electron chi connectivity index (χ3n) is 3.43. The lowest BCUT2D eigenvalue weighted by atomic mass is 10.2. The van der Waals surface area contributed by atoms with Crippen molar-refractivity contribution in [1.82, 2.24) is 9.55 Å². The summed E-state index contributed by atoms with van der Waals surface area (Å²) in [7, 11) is 1.67. The molecule has 3 aromatic rings. The lowest BCUT2D eigenvalue weighted by molar-refractivity contribution is 0.414. The molecule has 3 rings (SSSR count). The number of imidazole rings is 1. The molecule has 4 heteroatoms. The van der Waals surface area contributed by atoms with Crippen LogP contribution in [0, 0.1) is 11.7 Å². The van der Waals surface area contributed by atoms with Gasteiger partial charge in [0.05, 0.1) is 24.7 Å². The van der Waals surface area contributed by atoms with Gasteiger partial charge in [0.2, 0.25) is 0 Å². The van der Waals surface area contributed by atoms with Gasteiger partial charge in [0, 0.05) is 0 Å². The van der Waals surface area contributed by atoms with Crippen molar-refractivity contribution in [1.29, 1.82) is 0 Å². The van der Waals surface area contributed by atoms with Crippen molar-refractivity contribution < 1.29 is 4.74 Å². The Bertz CT molecular complexity index is 799. The summed E-state index contributed by atoms with van der Waals surface area (Å²) < 4.78 is 8.06. The molecule has 0 radical (unpaired) electrons. The van der Waals surface area contributed by atoms with Crippen LogP contribution in [0.1, 0.15) is 11.1 Å². The number of fused-ring (bicyclic) bond motifs is 1. The predicted octanol–water partition coefficient (Wildman–Crippen LogP) is 4.06. The average molecular weight is 284 g/mol. The number of ether oxygens (including phenoxy) is 1. The maximum absolute atomic E-state index is 5.43. The number of nitrogens with one attached hydrogen (secondary N) is 1. The average Bonchev–Trinajstić information content (AvgIpc) is 2.76. The summed E-state index contributed by atoms with van der Waals surface area (Å²) in [4.78, 5) is 3.25. The Kier molecular flexibility index (Phi) is 3.32. The summed E-state index contributed by atoms with van der Waals surface area (Å²) in [6.07, 6.45) is 0. The highest BCUT2D eigenvalue weighted by Gasteiger charge is 2.05. The standard InChI is InChI=1S/C16H16N2OS/c1-11-3-8-14-15(9-11)18(16(20)17-14)10-12-4-6-13(19-2)7-5-12/h3-9H,10H2,1-2H3,(H,17,20). The van der Waals surface area contributed by atoms with E-state index in [0.29, 0.717) is 0 Å². The fraction of sp³-hybridized carbons (Fsp3) is 0.188. The maximum Gasteiger partial charge on any atom is 0.178 e. The van der Waals surface area contributed by atoms with Crippen molar-refractivity contribution in [3.63, 3.8) is 0 Å². The van der Waals surface area contributed by atoms with Crippen LogP contribution in [0.3, 0.4) is 0 Å². The lowest BCUT2D eigenvalue weighted by Crippen LogP contribution is -1.99. The number of methoxy groups -OCH3 is 1. The number of hydrogen-bond acceptors (Lipinski definition) is 2. The Balaban J connectivity index is 2.03. The number of hydrogen-bond donors (Lipinski definition) is 1. The molecule has 2 aromatic carbocycles. The second-order valence-corrected chi connectivity index (χ2v) is 5.27. The fourth-order valence-corrected chi connectivity index (χ4v) is 2.61. The Labute approximate surface area is 122 Å². The number of H-pyrrole nitrogens is 1. The van der Waals surface area contributed by atoms with E-state index in [2.05, 4.69) is 46.8 Å². The van der Waals surface area contributed by atoms with Crippen LogP contribution in [0.2, 0.25) is 0 Å². The summed E-state index contributed by atoms with van der Waals surface area (Å²) >= 11 is 5.43. The first-order chi connectivity index (χ1) is 9.67. The van der Waals surface area contributed by atoms with Crippen LogP contribution in [0.5, 0.6) is 5.75 Å². The smallest absolute Gasteiger partial charge is 0.178 e. The highest BCUT2D eigenvalue weighted by molar-refractivity contribution is 7.71. The highest BCUT2D eigenvalue weighted by atomic mass is 32.1. The van der Waals surface area contributed by atoms with Gasteiger partial charge < -0.3 is 14.3 Å². The molecule has 1 N–H and O–H groups in total. The highest BCUT2D eigenvalue weighted by Crippen LogP contribution is 2.19. The Hall–Kier alpha value is -2.07. The molecule has 1 aromatic heterocycles. The van der Waals surface area contributed by atoms with Crippen LogP contribution in [0.4, 0.5) is 0 Å². The minimum atomic E-state index is 0.751. The molecule has 3 nitrogen and oxygen atoms in total. The third-order valence-corrected chi connectivity index (χ3v) is 3.75. The SMILES string of the molecule is COc1ccc(Cn2c(=S)[nH]c3ccc(C)cc32)cc1. The van der Waals surface area contributed by atoms with Crippen molar-refractivity contribution >= 4 is 23.3 Å². The van der Waals surface area contributed by atoms with E-state index < -0.39 is 0 Å². The molecule has 0 atom stereocenters. The Morgan fingerprint density at radius 2 is 1.90 bits per heavy atom. The fourth-order valence-electron chi connectivity index (χ4n) is 2.33. The zero-order valence-corrected chi connectivity index (χ0v) is 12.3. The van der Waals surface area contributed by atoms with E-state index >= 15 is 0 Å². The minimum absolute atomic E-state index is 0.751. The molecular formula is C16H16N2OS. The van der Waals surface area contributed by atoms with E-state index in [0.717, 1.165) is 28.1 Å². The first-order valence-electron chi connectivity index (χ1n) is 6.49. The summed E-state index contributed by atoms with van der Waals surface area (Å²) in [6.45, 7) is 2.85. The van der Waals surface area contributed by atoms with E-state index in [1.807, 2.05) is 12.1 Å². The number of aromatic nitrogens is 2. The van der Waals surface area contributed by atoms with Gasteiger partial charge in [-0.3, -0.25) is 0 Å². The molecule has 20 heavy (non-hydrogen) atoms. The summed E-state index contributed by atoms with van der Waals surface area (Å²) in [6, 6.07) is 14.4. The number of aryl methyl sites for hydroxylation is 1. The number of aromatic amines is 1. The normalized spacial score (nSPS) is 10.9. The molecule has 102 valence electrons. The van der Waals surface area contributed by atoms with Gasteiger partial charge in [-0.1, -0.05) is 18.2 Å². The van der Waals surface area contributed by atoms with Gasteiger partial charge in [-0.25, -0.2) is 0 Å². The van der Waals surface area contributed by atoms with E-state index in [4.69, 9.17) is 17.0 Å². The maximum atomic E-state index is 5.43. The zero-order valence-electron chi connectivity index (χ0n) is 11.5. The van der Waals surface area contributed by atoms with Gasteiger partial charge in [0.15, 0.2) is 4.77 Å². The largest absolute Gasteiger partial charge is 0.497 e. The lowest BCUT2D eigenvalue weighted by Gasteiger charge is -2.06. The molecule has 0 spiro atoms. The zero-order chi connectivity index (χ0) is 14.1. The number of benzene rings is 2. The van der Waals surface area contributed by atoms with Crippen LogP contribution >= 0.6 is 12.2 Å². The molecule has 1 heterocycles. The van der Waals surface area contributed by atoms with E-state index in [-0.39, 0.29) is 0 Å². The van der Waals surface area contributed by atoms with Crippen LogP contribution in [0.15, 0.2) is 42.5 Å². The van der Waals surface area contributed by atoms with Crippen LogP contribution in [-0.4, -0.2) is 16.7 Å². The van der Waals surface area contributed by atoms with Crippen LogP contribution < -0.4 is 4.74 Å². The van der Waals surface area contributed by atoms with Gasteiger partial charge in [0.1, 0.15) is 5.75 Å². The molecule has 0 bridgehead atoms. The number of rotatable bonds is 3. The van der Waals surface area contributed by atoms with Gasteiger partial charge in [0.25, 0.3) is 0 Å². The quantitative estimate of drug-likeness (QED) is 0.735. The van der Waals surface area contributed by atoms with Crippen LogP contribution in [-0.2, 0) is 6.54 Å². The van der Waals surface area contributed by atoms with Gasteiger partial charge in [-0.15, -0.1) is 0 Å². The van der Waals surface area contributed by atoms with Gasteiger partial charge >= 0.3 is 0 Å². The van der Waals surface area contributed by atoms with Crippen molar-refractivity contribution in [3.05, 3.63) is 58.4 Å². The molecule has 0 unspecified atom stereocenters. The first-order valence-corrected chi connectivity index (χ1v) is 6.90. The van der Waals surface area contributed by atoms with Crippen molar-refractivity contribution in [2.45, 2.75) is 13.5 Å². The molecule has 0 aliphatic heterocycles. The predicted molar refractivity (Wildman–Crippen MR) is 84.0 cm³/mol. The molecule has 0 saturated heterocycles. The molecular weight excluding hydrogens is 268 g/mol. The van der Waals surface area contributed by atoms with Crippen molar-refractivity contribution in [2.75, 3.05) is 7.11 Å². The molecule has 0 aliphatic carbocycles. The van der Waals surface area contributed by atoms with Gasteiger partial charge in [-0.05, 0) is 54.5 Å². The van der Waals surface area contributed by atoms with Crippen molar-refractivity contribution in [2.24, 2.45) is 0 Å². The van der Waals surface area contributed by atoms with E-state index in [9.17, 15) is 0 Å². The Morgan fingerprint density at radius 1 is 1.15 bits per heavy atom. The third kappa shape index (κ3) is 2.34.